The number of anilines is 1. The molecule has 2 aliphatic heterocycles. The van der Waals surface area contributed by atoms with E-state index in [1.165, 1.54) is 5.56 Å². The Morgan fingerprint density at radius 1 is 0.784 bits per heavy atom. The molecule has 1 aromatic heterocycles. The Morgan fingerprint density at radius 2 is 1.46 bits per heavy atom. The van der Waals surface area contributed by atoms with Gasteiger partial charge in [-0.1, -0.05) is 79.2 Å². The monoisotopic (exact) mass is 528 g/mol. The van der Waals surface area contributed by atoms with Gasteiger partial charge in [-0.2, -0.15) is 9.41 Å². The Bertz CT molecular complexity index is 1490. The van der Waals surface area contributed by atoms with Crippen molar-refractivity contribution in [1.82, 2.24) is 9.29 Å². The van der Waals surface area contributed by atoms with Crippen molar-refractivity contribution >= 4 is 32.2 Å². The first-order valence-electron chi connectivity index (χ1n) is 12.6. The van der Waals surface area contributed by atoms with Gasteiger partial charge in [-0.05, 0) is 36.1 Å². The van der Waals surface area contributed by atoms with Gasteiger partial charge in [-0.25, -0.2) is 18.4 Å². The van der Waals surface area contributed by atoms with Gasteiger partial charge < -0.3 is 0 Å². The van der Waals surface area contributed by atoms with Crippen LogP contribution in [0.1, 0.15) is 42.9 Å². The van der Waals surface area contributed by atoms with Crippen LogP contribution in [0.3, 0.4) is 0 Å². The van der Waals surface area contributed by atoms with Crippen molar-refractivity contribution in [2.24, 2.45) is 5.10 Å². The lowest BCUT2D eigenvalue weighted by Crippen LogP contribution is -2.35. The van der Waals surface area contributed by atoms with Gasteiger partial charge in [-0.15, -0.1) is 11.3 Å². The molecule has 3 heterocycles. The molecule has 0 amide bonds. The molecular formula is C29H28N4O2S2. The highest BCUT2D eigenvalue weighted by Gasteiger charge is 2.32. The highest BCUT2D eigenvalue weighted by atomic mass is 32.2. The number of rotatable bonds is 6. The van der Waals surface area contributed by atoms with Crippen LogP contribution in [0, 0.1) is 0 Å². The van der Waals surface area contributed by atoms with Crippen molar-refractivity contribution in [1.29, 1.82) is 0 Å². The van der Waals surface area contributed by atoms with Crippen LogP contribution in [-0.4, -0.2) is 36.5 Å². The zero-order valence-electron chi connectivity index (χ0n) is 20.4. The number of benzene rings is 3. The maximum atomic E-state index is 13.0. The average molecular weight is 529 g/mol. The second kappa shape index (κ2) is 10.2. The lowest BCUT2D eigenvalue weighted by Gasteiger charge is -2.25. The maximum Gasteiger partial charge on any atom is 0.243 e. The summed E-state index contributed by atoms with van der Waals surface area (Å²) in [6.07, 6.45) is 3.74. The second-order valence-corrected chi connectivity index (χ2v) is 12.2. The van der Waals surface area contributed by atoms with E-state index in [9.17, 15) is 8.42 Å². The second-order valence-electron chi connectivity index (χ2n) is 9.39. The first kappa shape index (κ1) is 24.0. The predicted molar refractivity (Wildman–Crippen MR) is 149 cm³/mol. The third-order valence-electron chi connectivity index (χ3n) is 6.99. The van der Waals surface area contributed by atoms with Gasteiger partial charge in [0.1, 0.15) is 0 Å². The van der Waals surface area contributed by atoms with Crippen LogP contribution < -0.4 is 5.01 Å². The van der Waals surface area contributed by atoms with Gasteiger partial charge >= 0.3 is 0 Å². The van der Waals surface area contributed by atoms with Crippen LogP contribution >= 0.6 is 11.3 Å². The van der Waals surface area contributed by atoms with Gasteiger partial charge in [0.05, 0.1) is 22.3 Å². The number of sulfonamides is 1. The van der Waals surface area contributed by atoms with Crippen LogP contribution in [0.5, 0.6) is 0 Å². The number of aromatic nitrogens is 1. The summed E-state index contributed by atoms with van der Waals surface area (Å²) in [4.78, 5) is 5.27. The molecule has 1 fully saturated rings. The molecule has 2 aliphatic rings. The lowest BCUT2D eigenvalue weighted by atomic mass is 9.99. The summed E-state index contributed by atoms with van der Waals surface area (Å²) >= 11 is 1.55. The molecule has 4 aromatic rings. The summed E-state index contributed by atoms with van der Waals surface area (Å²) < 4.78 is 27.6. The predicted octanol–water partition coefficient (Wildman–Crippen LogP) is 6.34. The van der Waals surface area contributed by atoms with Crippen LogP contribution in [0.15, 0.2) is 100 Å². The van der Waals surface area contributed by atoms with Crippen LogP contribution in [0.25, 0.3) is 11.3 Å². The molecule has 1 atom stereocenters. The van der Waals surface area contributed by atoms with Crippen molar-refractivity contribution in [2.45, 2.75) is 36.6 Å². The smallest absolute Gasteiger partial charge is 0.231 e. The van der Waals surface area contributed by atoms with E-state index in [1.54, 1.807) is 27.8 Å². The highest BCUT2D eigenvalue weighted by molar-refractivity contribution is 7.89. The Kier molecular flexibility index (Phi) is 6.63. The van der Waals surface area contributed by atoms with Crippen LogP contribution in [0.4, 0.5) is 5.13 Å². The molecule has 0 spiro atoms. The van der Waals surface area contributed by atoms with Crippen molar-refractivity contribution in [3.63, 3.8) is 0 Å². The number of thiazole rings is 1. The summed E-state index contributed by atoms with van der Waals surface area (Å²) in [6, 6.07) is 27.9. The molecule has 188 valence electrons. The molecule has 6 nitrogen and oxygen atoms in total. The minimum absolute atomic E-state index is 0.0625. The quantitative estimate of drug-likeness (QED) is 0.293. The number of piperidine rings is 1. The number of hydrogen-bond acceptors (Lipinski definition) is 6. The molecule has 37 heavy (non-hydrogen) atoms. The van der Waals surface area contributed by atoms with Crippen molar-refractivity contribution in [3.8, 4) is 11.3 Å². The molecule has 0 saturated carbocycles. The Balaban J connectivity index is 1.28. The first-order chi connectivity index (χ1) is 18.1. The first-order valence-corrected chi connectivity index (χ1v) is 14.9. The van der Waals surface area contributed by atoms with Gasteiger partial charge in [0.2, 0.25) is 15.2 Å². The third kappa shape index (κ3) is 4.84. The minimum Gasteiger partial charge on any atom is -0.231 e. The zero-order valence-corrected chi connectivity index (χ0v) is 22.0. The summed E-state index contributed by atoms with van der Waals surface area (Å²) in [6.45, 7) is 1.20. The van der Waals surface area contributed by atoms with E-state index >= 15 is 0 Å². The molecule has 3 aromatic carbocycles. The highest BCUT2D eigenvalue weighted by Crippen LogP contribution is 2.39. The molecule has 8 heteroatoms. The molecule has 0 unspecified atom stereocenters. The topological polar surface area (TPSA) is 65.9 Å². The lowest BCUT2D eigenvalue weighted by molar-refractivity contribution is 0.346. The van der Waals surface area contributed by atoms with Gasteiger partial charge in [0.15, 0.2) is 0 Å². The molecular weight excluding hydrogens is 500 g/mol. The fourth-order valence-electron chi connectivity index (χ4n) is 4.98. The summed E-state index contributed by atoms with van der Waals surface area (Å²) in [7, 11) is -3.45. The van der Waals surface area contributed by atoms with Crippen molar-refractivity contribution in [2.75, 3.05) is 18.1 Å². The maximum absolute atomic E-state index is 13.0. The average Bonchev–Trinajstić information content (AvgIpc) is 3.63. The van der Waals surface area contributed by atoms with Crippen LogP contribution in [-0.2, 0) is 10.0 Å². The summed E-state index contributed by atoms with van der Waals surface area (Å²) in [5.74, 6) is 0. The van der Waals surface area contributed by atoms with E-state index in [1.807, 2.05) is 46.8 Å². The van der Waals surface area contributed by atoms with E-state index in [-0.39, 0.29) is 6.04 Å². The fourth-order valence-corrected chi connectivity index (χ4v) is 7.33. The van der Waals surface area contributed by atoms with Gasteiger partial charge in [0, 0.05) is 30.5 Å². The van der Waals surface area contributed by atoms with Gasteiger partial charge in [-0.3, -0.25) is 0 Å². The fraction of sp³-hybridized carbons (Fsp3) is 0.241. The van der Waals surface area contributed by atoms with E-state index in [2.05, 4.69) is 36.4 Å². The number of hydrogen-bond donors (Lipinski definition) is 0. The Morgan fingerprint density at radius 3 is 2.16 bits per heavy atom. The molecule has 6 rings (SSSR count). The molecule has 0 N–H and O–H groups in total. The molecule has 0 bridgehead atoms. The van der Waals surface area contributed by atoms with E-state index in [0.717, 1.165) is 53.3 Å². The Labute approximate surface area is 222 Å². The largest absolute Gasteiger partial charge is 0.243 e. The van der Waals surface area contributed by atoms with E-state index < -0.39 is 10.0 Å². The summed E-state index contributed by atoms with van der Waals surface area (Å²) in [5, 5.41) is 9.87. The molecule has 0 radical (unpaired) electrons. The third-order valence-corrected chi connectivity index (χ3v) is 9.74. The molecule has 1 saturated heterocycles. The number of hydrazone groups is 1. The minimum atomic E-state index is -3.45. The number of nitrogens with zero attached hydrogens (tertiary/aromatic N) is 4. The zero-order chi connectivity index (χ0) is 25.2. The standard InChI is InChI=1S/C29H28N4O2S2/c34-37(35,32-18-8-3-9-19-32)25-16-14-23(15-17-25)27-21-36-29(30-27)33-28(24-12-6-2-7-13-24)20-26(31-33)22-10-4-1-5-11-22/h1-2,4-7,10-17,21,28H,3,8-9,18-20H2/t28-/m1/s1. The van der Waals surface area contributed by atoms with E-state index in [4.69, 9.17) is 10.1 Å². The SMILES string of the molecule is O=S(=O)(c1ccc(-c2csc(N3N=C(c4ccccc4)C[C@@H]3c3ccccc3)n2)cc1)N1CCCCC1. The molecule has 0 aliphatic carbocycles. The van der Waals surface area contributed by atoms with Crippen molar-refractivity contribution < 1.29 is 8.42 Å². The Hall–Kier alpha value is -3.33. The van der Waals surface area contributed by atoms with Crippen LogP contribution in [0.2, 0.25) is 0 Å². The van der Waals surface area contributed by atoms with E-state index in [0.29, 0.717) is 18.0 Å². The van der Waals surface area contributed by atoms with Gasteiger partial charge in [0.25, 0.3) is 0 Å². The summed E-state index contributed by atoms with van der Waals surface area (Å²) in [5.41, 5.74) is 5.06. The normalized spacial score (nSPS) is 18.6. The van der Waals surface area contributed by atoms with Crippen molar-refractivity contribution in [3.05, 3.63) is 101 Å².